The van der Waals surface area contributed by atoms with Crippen molar-refractivity contribution in [3.05, 3.63) is 63.7 Å². The number of rotatable bonds is 10. The average molecular weight is 566 g/mol. The first-order valence-corrected chi connectivity index (χ1v) is 16.8. The molecule has 0 aromatic carbocycles. The number of aryl methyl sites for hydroxylation is 1. The number of nitrogens with zero attached hydrogens (tertiary/aromatic N) is 1. The van der Waals surface area contributed by atoms with E-state index in [0.717, 1.165) is 41.8 Å². The second-order valence-electron chi connectivity index (χ2n) is 13.6. The molecule has 0 amide bonds. The zero-order valence-electron chi connectivity index (χ0n) is 24.9. The molecule has 0 saturated heterocycles. The minimum atomic E-state index is -0.637. The van der Waals surface area contributed by atoms with Crippen molar-refractivity contribution in [3.8, 4) is 0 Å². The summed E-state index contributed by atoms with van der Waals surface area (Å²) in [6, 6.07) is 0. The van der Waals surface area contributed by atoms with Gasteiger partial charge in [0.25, 0.3) is 0 Å². The van der Waals surface area contributed by atoms with Crippen LogP contribution in [0.5, 0.6) is 0 Å². The van der Waals surface area contributed by atoms with E-state index in [2.05, 4.69) is 57.0 Å². The molecule has 3 N–H and O–H groups in total. The second-order valence-corrected chi connectivity index (χ2v) is 14.5. The van der Waals surface area contributed by atoms with E-state index in [0.29, 0.717) is 30.6 Å². The lowest BCUT2D eigenvalue weighted by Crippen LogP contribution is -2.35. The maximum atomic E-state index is 11.3. The van der Waals surface area contributed by atoms with Crippen molar-refractivity contribution < 1.29 is 15.3 Å². The monoisotopic (exact) mass is 565 g/mol. The molecule has 4 fully saturated rings. The summed E-state index contributed by atoms with van der Waals surface area (Å²) in [5.41, 5.74) is 4.59. The zero-order valence-corrected chi connectivity index (χ0v) is 25.8. The van der Waals surface area contributed by atoms with Crippen LogP contribution in [0.4, 0.5) is 0 Å². The van der Waals surface area contributed by atoms with Crippen LogP contribution in [0.15, 0.2) is 53.0 Å². The third-order valence-corrected chi connectivity index (χ3v) is 12.0. The highest BCUT2D eigenvalue weighted by Gasteiger charge is 2.53. The summed E-state index contributed by atoms with van der Waals surface area (Å²) in [7, 11) is 0. The molecule has 5 heteroatoms. The van der Waals surface area contributed by atoms with Gasteiger partial charge in [0, 0.05) is 11.8 Å². The normalized spacial score (nSPS) is 35.4. The van der Waals surface area contributed by atoms with E-state index in [4.69, 9.17) is 4.98 Å². The molecule has 0 bridgehead atoms. The van der Waals surface area contributed by atoms with Crippen molar-refractivity contribution in [2.45, 2.75) is 128 Å². The van der Waals surface area contributed by atoms with Crippen LogP contribution in [-0.2, 0) is 11.8 Å². The Labute approximate surface area is 246 Å². The van der Waals surface area contributed by atoms with E-state index in [1.807, 2.05) is 0 Å². The lowest BCUT2D eigenvalue weighted by Gasteiger charge is -2.44. The highest BCUT2D eigenvalue weighted by Crippen LogP contribution is 2.60. The van der Waals surface area contributed by atoms with E-state index in [9.17, 15) is 15.3 Å². The molecule has 1 heterocycles. The van der Waals surface area contributed by atoms with E-state index in [1.165, 1.54) is 56.2 Å². The number of unbranched alkanes of at least 4 members (excludes halogenated alkanes) is 2. The highest BCUT2D eigenvalue weighted by molar-refractivity contribution is 7.09. The summed E-state index contributed by atoms with van der Waals surface area (Å²) in [5.74, 6) is 1.60. The van der Waals surface area contributed by atoms with Crippen LogP contribution in [-0.4, -0.2) is 38.6 Å². The van der Waals surface area contributed by atoms with Gasteiger partial charge < -0.3 is 15.3 Å². The summed E-state index contributed by atoms with van der Waals surface area (Å²) < 4.78 is 0. The van der Waals surface area contributed by atoms with Gasteiger partial charge in [0.2, 0.25) is 0 Å². The van der Waals surface area contributed by atoms with Crippen molar-refractivity contribution in [2.24, 2.45) is 23.2 Å². The predicted octanol–water partition coefficient (Wildman–Crippen LogP) is 7.60. The zero-order chi connectivity index (χ0) is 28.5. The van der Waals surface area contributed by atoms with Crippen LogP contribution in [0.25, 0.3) is 0 Å². The molecule has 4 aliphatic carbocycles. The first-order valence-electron chi connectivity index (χ1n) is 15.9. The SMILES string of the molecule is C=C1C(=CC=C2CCC[C@]3(C)[C@@H]([C@@H](C)C=C[C@H](O)C4(c5nc(CCCCC)cs5)CC4)CC[C@@H]23)C[C@@H](O)C[C@@H]1O. The van der Waals surface area contributed by atoms with E-state index < -0.39 is 18.3 Å². The minimum absolute atomic E-state index is 0.162. The molecule has 0 aliphatic heterocycles. The van der Waals surface area contributed by atoms with E-state index in [-0.39, 0.29) is 10.8 Å². The Kier molecular flexibility index (Phi) is 9.26. The fraction of sp³-hybridized carbons (Fsp3) is 0.686. The molecule has 4 aliphatic rings. The number of hydrogen-bond donors (Lipinski definition) is 3. The molecule has 40 heavy (non-hydrogen) atoms. The summed E-state index contributed by atoms with van der Waals surface area (Å²) >= 11 is 1.75. The third kappa shape index (κ3) is 6.00. The first kappa shape index (κ1) is 29.9. The van der Waals surface area contributed by atoms with Crippen LogP contribution in [0.1, 0.15) is 109 Å². The van der Waals surface area contributed by atoms with Gasteiger partial charge in [-0.25, -0.2) is 4.98 Å². The van der Waals surface area contributed by atoms with Gasteiger partial charge in [-0.2, -0.15) is 0 Å². The lowest BCUT2D eigenvalue weighted by atomic mass is 9.61. The number of aliphatic hydroxyl groups is 3. The fourth-order valence-electron chi connectivity index (χ4n) is 8.18. The number of aliphatic hydroxyl groups excluding tert-OH is 3. The van der Waals surface area contributed by atoms with Gasteiger partial charge in [0.1, 0.15) is 5.01 Å². The van der Waals surface area contributed by atoms with Gasteiger partial charge in [-0.3, -0.25) is 0 Å². The molecule has 4 nitrogen and oxygen atoms in total. The molecule has 7 atom stereocenters. The summed E-state index contributed by atoms with van der Waals surface area (Å²) in [5, 5.41) is 35.1. The number of fused-ring (bicyclic) bond motifs is 1. The van der Waals surface area contributed by atoms with Gasteiger partial charge in [-0.15, -0.1) is 11.3 Å². The smallest absolute Gasteiger partial charge is 0.102 e. The van der Waals surface area contributed by atoms with Gasteiger partial charge in [-0.05, 0) is 98.5 Å². The Morgan fingerprint density at radius 1 is 1.15 bits per heavy atom. The summed E-state index contributed by atoms with van der Waals surface area (Å²) in [6.45, 7) is 11.2. The Balaban J connectivity index is 1.24. The molecule has 1 aromatic rings. The van der Waals surface area contributed by atoms with E-state index in [1.54, 1.807) is 11.3 Å². The number of aromatic nitrogens is 1. The fourth-order valence-corrected chi connectivity index (χ4v) is 9.33. The maximum absolute atomic E-state index is 11.3. The topological polar surface area (TPSA) is 73.6 Å². The molecule has 220 valence electrons. The van der Waals surface area contributed by atoms with Crippen LogP contribution in [0, 0.1) is 23.2 Å². The van der Waals surface area contributed by atoms with Gasteiger partial charge >= 0.3 is 0 Å². The average Bonchev–Trinajstić information content (AvgIpc) is 3.46. The van der Waals surface area contributed by atoms with Crippen molar-refractivity contribution in [1.29, 1.82) is 0 Å². The van der Waals surface area contributed by atoms with Crippen molar-refractivity contribution in [2.75, 3.05) is 0 Å². The highest BCUT2D eigenvalue weighted by atomic mass is 32.1. The molecule has 1 aromatic heterocycles. The summed E-state index contributed by atoms with van der Waals surface area (Å²) in [4.78, 5) is 4.96. The molecule has 0 unspecified atom stereocenters. The number of allylic oxidation sites excluding steroid dienone is 4. The Morgan fingerprint density at radius 2 is 1.95 bits per heavy atom. The molecule has 4 saturated carbocycles. The molecular weight excluding hydrogens is 514 g/mol. The molecule has 5 rings (SSSR count). The second kappa shape index (κ2) is 12.4. The van der Waals surface area contributed by atoms with E-state index >= 15 is 0 Å². The van der Waals surface area contributed by atoms with Crippen LogP contribution in [0.3, 0.4) is 0 Å². The lowest BCUT2D eigenvalue weighted by molar-refractivity contribution is 0.0862. The number of hydrogen-bond acceptors (Lipinski definition) is 5. The Morgan fingerprint density at radius 3 is 2.70 bits per heavy atom. The van der Waals surface area contributed by atoms with Crippen molar-refractivity contribution >= 4 is 11.3 Å². The van der Waals surface area contributed by atoms with Crippen LogP contribution < -0.4 is 0 Å². The van der Waals surface area contributed by atoms with Crippen LogP contribution >= 0.6 is 11.3 Å². The Bertz CT molecular complexity index is 1140. The maximum Gasteiger partial charge on any atom is 0.102 e. The first-order chi connectivity index (χ1) is 19.2. The molecular formula is C35H51NO3S. The largest absolute Gasteiger partial charge is 0.393 e. The van der Waals surface area contributed by atoms with Crippen molar-refractivity contribution in [1.82, 2.24) is 4.98 Å². The van der Waals surface area contributed by atoms with Gasteiger partial charge in [0.15, 0.2) is 0 Å². The summed E-state index contributed by atoms with van der Waals surface area (Å²) in [6.07, 6.45) is 21.0. The van der Waals surface area contributed by atoms with Crippen LogP contribution in [0.2, 0.25) is 0 Å². The number of thiazole rings is 1. The minimum Gasteiger partial charge on any atom is -0.393 e. The quantitative estimate of drug-likeness (QED) is 0.202. The van der Waals surface area contributed by atoms with Crippen molar-refractivity contribution in [3.63, 3.8) is 0 Å². The predicted molar refractivity (Wildman–Crippen MR) is 165 cm³/mol. The van der Waals surface area contributed by atoms with Gasteiger partial charge in [0.05, 0.1) is 29.4 Å². The van der Waals surface area contributed by atoms with Gasteiger partial charge in [-0.1, -0.05) is 70.1 Å². The Hall–Kier alpha value is -1.53. The molecule has 0 spiro atoms. The standard InChI is InChI=1S/C35H51NO3S/c1-5-6-7-10-27-22-40-33(36-27)35(18-19-35)32(39)16-11-23(2)29-14-15-30-25(9-8-17-34(29,30)4)12-13-26-20-28(37)21-31(38)24(26)3/h11-13,16,22-23,28-32,37-39H,3,5-10,14-15,17-21H2,1-2,4H3/t23-,28+,29+,30-,31-,32-,34+/m0/s1. The third-order valence-electron chi connectivity index (χ3n) is 10.9. The molecule has 0 radical (unpaired) electrons.